The van der Waals surface area contributed by atoms with E-state index in [4.69, 9.17) is 0 Å². The quantitative estimate of drug-likeness (QED) is 0.864. The van der Waals surface area contributed by atoms with E-state index in [-0.39, 0.29) is 5.91 Å². The number of aromatic amines is 1. The van der Waals surface area contributed by atoms with Crippen molar-refractivity contribution < 1.29 is 4.79 Å². The normalized spacial score (nSPS) is 10.7. The SMILES string of the molecule is CCc1cc(C(=O)Nc2[nH]ncc2CC)n(CC)n1. The van der Waals surface area contributed by atoms with Gasteiger partial charge in [0, 0.05) is 12.1 Å². The van der Waals surface area contributed by atoms with Crippen LogP contribution >= 0.6 is 0 Å². The highest BCUT2D eigenvalue weighted by Gasteiger charge is 2.15. The fourth-order valence-corrected chi connectivity index (χ4v) is 1.93. The zero-order valence-electron chi connectivity index (χ0n) is 11.5. The standard InChI is InChI=1S/C13H19N5O/c1-4-9-8-14-16-12(9)15-13(19)11-7-10(5-2)17-18(11)6-3/h7-8H,4-6H2,1-3H3,(H2,14,15,16,19). The van der Waals surface area contributed by atoms with E-state index in [2.05, 4.69) is 20.6 Å². The van der Waals surface area contributed by atoms with Crippen molar-refractivity contribution in [2.45, 2.75) is 40.2 Å². The van der Waals surface area contributed by atoms with Crippen LogP contribution in [0.25, 0.3) is 0 Å². The molecule has 0 fully saturated rings. The smallest absolute Gasteiger partial charge is 0.275 e. The third-order valence-electron chi connectivity index (χ3n) is 3.06. The second-order valence-corrected chi connectivity index (χ2v) is 4.27. The van der Waals surface area contributed by atoms with Crippen LogP contribution in [-0.4, -0.2) is 25.9 Å². The van der Waals surface area contributed by atoms with Crippen LogP contribution in [0, 0.1) is 0 Å². The molecule has 0 spiro atoms. The Morgan fingerprint density at radius 1 is 1.37 bits per heavy atom. The molecule has 0 radical (unpaired) electrons. The minimum absolute atomic E-state index is 0.159. The third-order valence-corrected chi connectivity index (χ3v) is 3.06. The van der Waals surface area contributed by atoms with E-state index in [0.717, 1.165) is 24.1 Å². The number of anilines is 1. The number of aromatic nitrogens is 4. The number of carbonyl (C=O) groups is 1. The highest BCUT2D eigenvalue weighted by Crippen LogP contribution is 2.14. The Bertz CT molecular complexity index is 569. The topological polar surface area (TPSA) is 75.6 Å². The maximum Gasteiger partial charge on any atom is 0.275 e. The summed E-state index contributed by atoms with van der Waals surface area (Å²) in [4.78, 5) is 12.3. The van der Waals surface area contributed by atoms with E-state index in [1.54, 1.807) is 10.9 Å². The lowest BCUT2D eigenvalue weighted by atomic mass is 10.2. The Morgan fingerprint density at radius 3 is 2.79 bits per heavy atom. The average Bonchev–Trinajstić information content (AvgIpc) is 3.03. The van der Waals surface area contributed by atoms with Crippen LogP contribution in [0.1, 0.15) is 42.5 Å². The Morgan fingerprint density at radius 2 is 2.16 bits per heavy atom. The molecular weight excluding hydrogens is 242 g/mol. The number of nitrogens with zero attached hydrogens (tertiary/aromatic N) is 3. The number of nitrogens with one attached hydrogen (secondary N) is 2. The molecular formula is C13H19N5O. The van der Waals surface area contributed by atoms with Gasteiger partial charge in [-0.15, -0.1) is 0 Å². The van der Waals surface area contributed by atoms with Gasteiger partial charge in [0.1, 0.15) is 11.5 Å². The molecule has 0 aliphatic heterocycles. The molecule has 19 heavy (non-hydrogen) atoms. The monoisotopic (exact) mass is 261 g/mol. The highest BCUT2D eigenvalue weighted by atomic mass is 16.2. The third kappa shape index (κ3) is 2.67. The van der Waals surface area contributed by atoms with Crippen LogP contribution in [0.4, 0.5) is 5.82 Å². The average molecular weight is 261 g/mol. The molecule has 2 rings (SSSR count). The molecule has 2 N–H and O–H groups in total. The summed E-state index contributed by atoms with van der Waals surface area (Å²) in [7, 11) is 0. The lowest BCUT2D eigenvalue weighted by Gasteiger charge is -2.06. The number of amides is 1. The van der Waals surface area contributed by atoms with Crippen molar-refractivity contribution in [2.24, 2.45) is 0 Å². The molecule has 0 saturated carbocycles. The Hall–Kier alpha value is -2.11. The van der Waals surface area contributed by atoms with Gasteiger partial charge < -0.3 is 5.32 Å². The maximum absolute atomic E-state index is 12.3. The second kappa shape index (κ2) is 5.69. The first kappa shape index (κ1) is 13.3. The summed E-state index contributed by atoms with van der Waals surface area (Å²) in [5.41, 5.74) is 2.50. The lowest BCUT2D eigenvalue weighted by molar-refractivity contribution is 0.101. The number of H-pyrrole nitrogens is 1. The van der Waals surface area contributed by atoms with Crippen LogP contribution in [-0.2, 0) is 19.4 Å². The first-order chi connectivity index (χ1) is 9.19. The van der Waals surface area contributed by atoms with E-state index in [1.807, 2.05) is 26.8 Å². The van der Waals surface area contributed by atoms with E-state index in [1.165, 1.54) is 0 Å². The number of hydrogen-bond donors (Lipinski definition) is 2. The molecule has 0 aliphatic rings. The fourth-order valence-electron chi connectivity index (χ4n) is 1.93. The van der Waals surface area contributed by atoms with Gasteiger partial charge in [-0.2, -0.15) is 10.2 Å². The van der Waals surface area contributed by atoms with Gasteiger partial charge in [0.25, 0.3) is 5.91 Å². The second-order valence-electron chi connectivity index (χ2n) is 4.27. The van der Waals surface area contributed by atoms with Crippen molar-refractivity contribution in [3.8, 4) is 0 Å². The first-order valence-corrected chi connectivity index (χ1v) is 6.59. The minimum atomic E-state index is -0.159. The van der Waals surface area contributed by atoms with Gasteiger partial charge in [-0.25, -0.2) is 0 Å². The molecule has 1 amide bonds. The number of aryl methyl sites for hydroxylation is 3. The van der Waals surface area contributed by atoms with Crippen molar-refractivity contribution in [2.75, 3.05) is 5.32 Å². The molecule has 0 atom stereocenters. The van der Waals surface area contributed by atoms with Crippen molar-refractivity contribution in [1.29, 1.82) is 0 Å². The van der Waals surface area contributed by atoms with Gasteiger partial charge >= 0.3 is 0 Å². The number of hydrogen-bond acceptors (Lipinski definition) is 3. The van der Waals surface area contributed by atoms with Gasteiger partial charge in [-0.3, -0.25) is 14.6 Å². The summed E-state index contributed by atoms with van der Waals surface area (Å²) < 4.78 is 1.72. The van der Waals surface area contributed by atoms with Crippen LogP contribution in [0.2, 0.25) is 0 Å². The van der Waals surface area contributed by atoms with E-state index >= 15 is 0 Å². The number of rotatable bonds is 5. The fraction of sp³-hybridized carbons (Fsp3) is 0.462. The summed E-state index contributed by atoms with van der Waals surface area (Å²) in [6.07, 6.45) is 3.36. The van der Waals surface area contributed by atoms with E-state index in [0.29, 0.717) is 18.1 Å². The molecule has 6 heteroatoms. The summed E-state index contributed by atoms with van der Waals surface area (Å²) in [5.74, 6) is 0.502. The Balaban J connectivity index is 2.22. The van der Waals surface area contributed by atoms with Gasteiger partial charge in [-0.05, 0) is 25.8 Å². The highest BCUT2D eigenvalue weighted by molar-refractivity contribution is 6.02. The summed E-state index contributed by atoms with van der Waals surface area (Å²) >= 11 is 0. The molecule has 102 valence electrons. The van der Waals surface area contributed by atoms with E-state index < -0.39 is 0 Å². The summed E-state index contributed by atoms with van der Waals surface area (Å²) in [6, 6.07) is 1.83. The van der Waals surface area contributed by atoms with E-state index in [9.17, 15) is 4.79 Å². The zero-order chi connectivity index (χ0) is 13.8. The van der Waals surface area contributed by atoms with Crippen LogP contribution in [0.15, 0.2) is 12.3 Å². The number of carbonyl (C=O) groups excluding carboxylic acids is 1. The molecule has 0 unspecified atom stereocenters. The minimum Gasteiger partial charge on any atom is -0.305 e. The predicted octanol–water partition coefficient (Wildman–Crippen LogP) is 2.00. The molecule has 0 aliphatic carbocycles. The lowest BCUT2D eigenvalue weighted by Crippen LogP contribution is -2.18. The molecule has 0 aromatic carbocycles. The van der Waals surface area contributed by atoms with Gasteiger partial charge in [0.2, 0.25) is 0 Å². The summed E-state index contributed by atoms with van der Waals surface area (Å²) in [6.45, 7) is 6.68. The molecule has 2 aromatic rings. The zero-order valence-corrected chi connectivity index (χ0v) is 11.5. The van der Waals surface area contributed by atoms with Crippen LogP contribution < -0.4 is 5.32 Å². The van der Waals surface area contributed by atoms with Crippen LogP contribution in [0.5, 0.6) is 0 Å². The Labute approximate surface area is 112 Å². The van der Waals surface area contributed by atoms with Crippen molar-refractivity contribution in [3.05, 3.63) is 29.2 Å². The van der Waals surface area contributed by atoms with Crippen LogP contribution in [0.3, 0.4) is 0 Å². The van der Waals surface area contributed by atoms with Gasteiger partial charge in [-0.1, -0.05) is 13.8 Å². The predicted molar refractivity (Wildman–Crippen MR) is 73.2 cm³/mol. The van der Waals surface area contributed by atoms with Crippen molar-refractivity contribution in [1.82, 2.24) is 20.0 Å². The molecule has 0 bridgehead atoms. The van der Waals surface area contributed by atoms with Gasteiger partial charge in [0.05, 0.1) is 11.9 Å². The molecule has 0 saturated heterocycles. The summed E-state index contributed by atoms with van der Waals surface area (Å²) in [5, 5.41) is 14.0. The maximum atomic E-state index is 12.3. The molecule has 6 nitrogen and oxygen atoms in total. The largest absolute Gasteiger partial charge is 0.305 e. The van der Waals surface area contributed by atoms with Crippen molar-refractivity contribution >= 4 is 11.7 Å². The molecule has 2 aromatic heterocycles. The first-order valence-electron chi connectivity index (χ1n) is 6.59. The molecule has 2 heterocycles. The van der Waals surface area contributed by atoms with Gasteiger partial charge in [0.15, 0.2) is 0 Å². The Kier molecular flexibility index (Phi) is 3.99. The van der Waals surface area contributed by atoms with Crippen molar-refractivity contribution in [3.63, 3.8) is 0 Å².